The molecule has 0 saturated carbocycles. The number of hydrogen-bond acceptors (Lipinski definition) is 3. The summed E-state index contributed by atoms with van der Waals surface area (Å²) in [7, 11) is 0. The summed E-state index contributed by atoms with van der Waals surface area (Å²) in [4.78, 5) is 0. The van der Waals surface area contributed by atoms with Gasteiger partial charge in [0.15, 0.2) is 0 Å². The quantitative estimate of drug-likeness (QED) is 0.893. The minimum absolute atomic E-state index is 0.200. The van der Waals surface area contributed by atoms with Gasteiger partial charge in [-0.3, -0.25) is 0 Å². The fourth-order valence-corrected chi connectivity index (χ4v) is 2.64. The van der Waals surface area contributed by atoms with Crippen LogP contribution in [0, 0.1) is 0 Å². The van der Waals surface area contributed by atoms with Crippen molar-refractivity contribution in [3.63, 3.8) is 0 Å². The van der Waals surface area contributed by atoms with Crippen molar-refractivity contribution in [2.45, 2.75) is 38.3 Å². The van der Waals surface area contributed by atoms with E-state index in [2.05, 4.69) is 5.32 Å². The standard InChI is InChI=1S/C14H19Cl2NO2/c1-9(18)6-7-17-12-3-2-8-19-14-10(12)4-5-11(15)13(14)16/h4-5,9,12,17-18H,2-3,6-8H2,1H3. The Morgan fingerprint density at radius 3 is 3.00 bits per heavy atom. The summed E-state index contributed by atoms with van der Waals surface area (Å²) in [6.07, 6.45) is 2.40. The van der Waals surface area contributed by atoms with Crippen molar-refractivity contribution in [3.05, 3.63) is 27.7 Å². The maximum Gasteiger partial charge on any atom is 0.144 e. The molecule has 0 spiro atoms. The first kappa shape index (κ1) is 14.9. The second-order valence-corrected chi connectivity index (χ2v) is 5.70. The molecular formula is C14H19Cl2NO2. The molecule has 0 saturated heterocycles. The summed E-state index contributed by atoms with van der Waals surface area (Å²) in [6.45, 7) is 3.21. The number of benzene rings is 1. The second-order valence-electron chi connectivity index (χ2n) is 4.91. The van der Waals surface area contributed by atoms with E-state index in [4.69, 9.17) is 27.9 Å². The molecule has 5 heteroatoms. The molecule has 2 N–H and O–H groups in total. The number of halogens is 2. The van der Waals surface area contributed by atoms with Gasteiger partial charge in [-0.15, -0.1) is 0 Å². The molecule has 1 aliphatic heterocycles. The van der Waals surface area contributed by atoms with Crippen molar-refractivity contribution in [2.24, 2.45) is 0 Å². The molecule has 0 bridgehead atoms. The van der Waals surface area contributed by atoms with Crippen molar-refractivity contribution in [2.75, 3.05) is 13.2 Å². The predicted octanol–water partition coefficient (Wildman–Crippen LogP) is 3.57. The van der Waals surface area contributed by atoms with E-state index in [1.165, 1.54) is 0 Å². The third-order valence-corrected chi connectivity index (χ3v) is 4.08. The Hall–Kier alpha value is -0.480. The number of aliphatic hydroxyl groups excluding tert-OH is 1. The van der Waals surface area contributed by atoms with E-state index in [-0.39, 0.29) is 12.1 Å². The van der Waals surface area contributed by atoms with Gasteiger partial charge in [-0.05, 0) is 38.8 Å². The summed E-state index contributed by atoms with van der Waals surface area (Å²) in [5.41, 5.74) is 1.05. The van der Waals surface area contributed by atoms with E-state index in [0.29, 0.717) is 22.4 Å². The third-order valence-electron chi connectivity index (χ3n) is 3.29. The van der Waals surface area contributed by atoms with Crippen molar-refractivity contribution in [1.29, 1.82) is 0 Å². The van der Waals surface area contributed by atoms with Crippen LogP contribution in [0.5, 0.6) is 5.75 Å². The van der Waals surface area contributed by atoms with Crippen LogP contribution in [0.3, 0.4) is 0 Å². The molecule has 1 aromatic rings. The maximum absolute atomic E-state index is 9.31. The molecule has 2 atom stereocenters. The smallest absolute Gasteiger partial charge is 0.144 e. The molecule has 1 aromatic carbocycles. The predicted molar refractivity (Wildman–Crippen MR) is 78.2 cm³/mol. The van der Waals surface area contributed by atoms with Gasteiger partial charge in [0.05, 0.1) is 17.7 Å². The second kappa shape index (κ2) is 6.80. The van der Waals surface area contributed by atoms with E-state index in [9.17, 15) is 5.11 Å². The third kappa shape index (κ3) is 3.76. The summed E-state index contributed by atoms with van der Waals surface area (Å²) in [5.74, 6) is 0.696. The maximum atomic E-state index is 9.31. The summed E-state index contributed by atoms with van der Waals surface area (Å²) in [6, 6.07) is 3.97. The number of hydrogen-bond donors (Lipinski definition) is 2. The fraction of sp³-hybridized carbons (Fsp3) is 0.571. The van der Waals surface area contributed by atoms with Crippen LogP contribution in [0.25, 0.3) is 0 Å². The molecule has 106 valence electrons. The average molecular weight is 304 g/mol. The van der Waals surface area contributed by atoms with Gasteiger partial charge in [0.1, 0.15) is 10.8 Å². The molecule has 2 unspecified atom stereocenters. The molecule has 2 rings (SSSR count). The zero-order valence-electron chi connectivity index (χ0n) is 11.0. The Balaban J connectivity index is 2.16. The highest BCUT2D eigenvalue weighted by Crippen LogP contribution is 2.40. The number of aliphatic hydroxyl groups is 1. The van der Waals surface area contributed by atoms with Gasteiger partial charge < -0.3 is 15.2 Å². The molecule has 3 nitrogen and oxygen atoms in total. The molecule has 0 aliphatic carbocycles. The van der Waals surface area contributed by atoms with Crippen molar-refractivity contribution in [1.82, 2.24) is 5.32 Å². The number of rotatable bonds is 4. The monoisotopic (exact) mass is 303 g/mol. The number of fused-ring (bicyclic) bond motifs is 1. The SMILES string of the molecule is CC(O)CCNC1CCCOc2c1ccc(Cl)c2Cl. The van der Waals surface area contributed by atoms with Crippen molar-refractivity contribution in [3.8, 4) is 5.75 Å². The molecule has 0 aromatic heterocycles. The Bertz CT molecular complexity index is 438. The van der Waals surface area contributed by atoms with E-state index in [1.54, 1.807) is 13.0 Å². The molecule has 0 amide bonds. The molecule has 1 heterocycles. The zero-order valence-corrected chi connectivity index (χ0v) is 12.5. The Morgan fingerprint density at radius 2 is 2.26 bits per heavy atom. The lowest BCUT2D eigenvalue weighted by atomic mass is 10.0. The van der Waals surface area contributed by atoms with Crippen LogP contribution in [0.15, 0.2) is 12.1 Å². The zero-order chi connectivity index (χ0) is 13.8. The largest absolute Gasteiger partial charge is 0.492 e. The van der Waals surface area contributed by atoms with Gasteiger partial charge in [0, 0.05) is 11.6 Å². The van der Waals surface area contributed by atoms with Crippen LogP contribution in [-0.4, -0.2) is 24.4 Å². The van der Waals surface area contributed by atoms with Gasteiger partial charge >= 0.3 is 0 Å². The molecular weight excluding hydrogens is 285 g/mol. The first-order valence-electron chi connectivity index (χ1n) is 6.61. The van der Waals surface area contributed by atoms with E-state index in [0.717, 1.165) is 31.4 Å². The van der Waals surface area contributed by atoms with Gasteiger partial charge in [-0.2, -0.15) is 0 Å². The van der Waals surface area contributed by atoms with Crippen LogP contribution >= 0.6 is 23.2 Å². The van der Waals surface area contributed by atoms with Crippen LogP contribution < -0.4 is 10.1 Å². The molecule has 0 fully saturated rings. The molecule has 1 aliphatic rings. The normalized spacial score (nSPS) is 20.3. The van der Waals surface area contributed by atoms with Crippen LogP contribution in [-0.2, 0) is 0 Å². The first-order valence-corrected chi connectivity index (χ1v) is 7.37. The van der Waals surface area contributed by atoms with Crippen molar-refractivity contribution < 1.29 is 9.84 Å². The summed E-state index contributed by atoms with van der Waals surface area (Å²) < 4.78 is 5.71. The van der Waals surface area contributed by atoms with Crippen LogP contribution in [0.2, 0.25) is 10.0 Å². The lowest BCUT2D eigenvalue weighted by molar-refractivity contribution is 0.182. The molecule has 0 radical (unpaired) electrons. The van der Waals surface area contributed by atoms with Gasteiger partial charge in [-0.25, -0.2) is 0 Å². The van der Waals surface area contributed by atoms with Gasteiger partial charge in [-0.1, -0.05) is 29.3 Å². The van der Waals surface area contributed by atoms with Crippen LogP contribution in [0.1, 0.15) is 37.8 Å². The minimum atomic E-state index is -0.289. The van der Waals surface area contributed by atoms with Gasteiger partial charge in [0.25, 0.3) is 0 Å². The van der Waals surface area contributed by atoms with E-state index < -0.39 is 0 Å². The lowest BCUT2D eigenvalue weighted by Crippen LogP contribution is -2.24. The minimum Gasteiger partial charge on any atom is -0.492 e. The number of nitrogens with one attached hydrogen (secondary N) is 1. The fourth-order valence-electron chi connectivity index (χ4n) is 2.26. The van der Waals surface area contributed by atoms with Gasteiger partial charge in [0.2, 0.25) is 0 Å². The number of ether oxygens (including phenoxy) is 1. The highest BCUT2D eigenvalue weighted by atomic mass is 35.5. The first-order chi connectivity index (χ1) is 9.09. The highest BCUT2D eigenvalue weighted by Gasteiger charge is 2.22. The Labute approximate surface area is 123 Å². The van der Waals surface area contributed by atoms with Crippen molar-refractivity contribution >= 4 is 23.2 Å². The lowest BCUT2D eigenvalue weighted by Gasteiger charge is -2.19. The molecule has 19 heavy (non-hydrogen) atoms. The Kier molecular flexibility index (Phi) is 5.34. The van der Waals surface area contributed by atoms with E-state index >= 15 is 0 Å². The average Bonchev–Trinajstić information content (AvgIpc) is 2.57. The van der Waals surface area contributed by atoms with E-state index in [1.807, 2.05) is 6.07 Å². The van der Waals surface area contributed by atoms with Crippen LogP contribution in [0.4, 0.5) is 0 Å². The topological polar surface area (TPSA) is 41.5 Å². The Morgan fingerprint density at radius 1 is 1.47 bits per heavy atom. The highest BCUT2D eigenvalue weighted by molar-refractivity contribution is 6.43. The summed E-state index contributed by atoms with van der Waals surface area (Å²) in [5, 5.41) is 13.8. The summed E-state index contributed by atoms with van der Waals surface area (Å²) >= 11 is 12.2.